The molecule has 21 heavy (non-hydrogen) atoms. The van der Waals surface area contributed by atoms with Crippen molar-refractivity contribution in [1.82, 2.24) is 5.43 Å². The molecule has 2 N–H and O–H groups in total. The van der Waals surface area contributed by atoms with Gasteiger partial charge < -0.3 is 5.11 Å². The van der Waals surface area contributed by atoms with Gasteiger partial charge in [0.1, 0.15) is 5.75 Å². The van der Waals surface area contributed by atoms with Gasteiger partial charge in [-0.3, -0.25) is 4.79 Å². The largest absolute Gasteiger partial charge is 0.507 e. The van der Waals surface area contributed by atoms with Crippen molar-refractivity contribution in [1.29, 1.82) is 0 Å². The second-order valence-electron chi connectivity index (χ2n) is 4.06. The normalized spacial score (nSPS) is 10.8. The molecule has 1 amide bonds. The third-order valence-corrected chi connectivity index (χ3v) is 3.89. The maximum Gasteiger partial charge on any atom is 0.271 e. The maximum atomic E-state index is 12.0. The van der Waals surface area contributed by atoms with E-state index in [1.165, 1.54) is 6.21 Å². The molecule has 0 aromatic heterocycles. The molecule has 2 aromatic rings. The predicted octanol–water partition coefficient (Wildman–Crippen LogP) is 4.44. The molecule has 0 saturated carbocycles. The van der Waals surface area contributed by atoms with Gasteiger partial charge in [0.05, 0.1) is 6.21 Å². The molecule has 0 aliphatic heterocycles. The third-order valence-electron chi connectivity index (χ3n) is 2.48. The Labute approximate surface area is 146 Å². The average Bonchev–Trinajstić information content (AvgIpc) is 2.41. The van der Waals surface area contributed by atoms with Crippen LogP contribution in [0.5, 0.6) is 5.75 Å². The van der Waals surface area contributed by atoms with Crippen LogP contribution in [0.3, 0.4) is 0 Å². The van der Waals surface area contributed by atoms with Crippen molar-refractivity contribution < 1.29 is 9.90 Å². The molecule has 2 aromatic carbocycles. The quantitative estimate of drug-likeness (QED) is 0.508. The van der Waals surface area contributed by atoms with Crippen LogP contribution in [-0.2, 0) is 0 Å². The zero-order valence-electron chi connectivity index (χ0n) is 10.5. The van der Waals surface area contributed by atoms with E-state index in [-0.39, 0.29) is 11.7 Å². The Morgan fingerprint density at radius 2 is 1.71 bits per heavy atom. The topological polar surface area (TPSA) is 61.7 Å². The van der Waals surface area contributed by atoms with Gasteiger partial charge in [-0.1, -0.05) is 47.8 Å². The monoisotopic (exact) mass is 474 g/mol. The Kier molecular flexibility index (Phi) is 5.55. The van der Waals surface area contributed by atoms with Crippen molar-refractivity contribution >= 4 is 59.9 Å². The average molecular weight is 477 g/mol. The highest BCUT2D eigenvalue weighted by Crippen LogP contribution is 2.21. The maximum absolute atomic E-state index is 12.0. The van der Waals surface area contributed by atoms with E-state index in [0.717, 1.165) is 13.4 Å². The summed E-state index contributed by atoms with van der Waals surface area (Å²) in [6, 6.07) is 10.2. The van der Waals surface area contributed by atoms with Gasteiger partial charge in [-0.05, 0) is 36.4 Å². The van der Waals surface area contributed by atoms with Crippen molar-refractivity contribution in [3.8, 4) is 5.75 Å². The molecule has 0 atom stereocenters. The molecule has 7 heteroatoms. The minimum atomic E-state index is -0.345. The highest BCUT2D eigenvalue weighted by Gasteiger charge is 2.06. The molecule has 4 nitrogen and oxygen atoms in total. The standard InChI is InChI=1S/C14H9Br3N2O2/c15-10-1-2-13(20)9(5-10)7-18-19-14(21)8-3-11(16)6-12(17)4-8/h1-7,20H,(H,19,21)/b18-7+. The van der Waals surface area contributed by atoms with Crippen LogP contribution in [0.2, 0.25) is 0 Å². The Hall–Kier alpha value is -1.18. The van der Waals surface area contributed by atoms with E-state index in [0.29, 0.717) is 11.1 Å². The van der Waals surface area contributed by atoms with Crippen molar-refractivity contribution in [3.63, 3.8) is 0 Å². The minimum Gasteiger partial charge on any atom is -0.507 e. The Morgan fingerprint density at radius 1 is 1.05 bits per heavy atom. The van der Waals surface area contributed by atoms with Crippen LogP contribution in [0.1, 0.15) is 15.9 Å². The molecular weight excluding hydrogens is 468 g/mol. The number of benzene rings is 2. The number of halogens is 3. The number of phenols is 1. The minimum absolute atomic E-state index is 0.0846. The molecular formula is C14H9Br3N2O2. The van der Waals surface area contributed by atoms with Gasteiger partial charge in [-0.25, -0.2) is 5.43 Å². The van der Waals surface area contributed by atoms with Crippen LogP contribution in [-0.4, -0.2) is 17.2 Å². The smallest absolute Gasteiger partial charge is 0.271 e. The van der Waals surface area contributed by atoms with Gasteiger partial charge in [0.25, 0.3) is 5.91 Å². The van der Waals surface area contributed by atoms with Gasteiger partial charge in [-0.15, -0.1) is 0 Å². The van der Waals surface area contributed by atoms with Crippen molar-refractivity contribution in [2.24, 2.45) is 5.10 Å². The summed E-state index contributed by atoms with van der Waals surface area (Å²) in [7, 11) is 0. The number of amides is 1. The summed E-state index contributed by atoms with van der Waals surface area (Å²) in [6.45, 7) is 0. The summed E-state index contributed by atoms with van der Waals surface area (Å²) in [4.78, 5) is 12.0. The SMILES string of the molecule is O=C(N/N=C/c1cc(Br)ccc1O)c1cc(Br)cc(Br)c1. The zero-order valence-corrected chi connectivity index (χ0v) is 15.2. The molecule has 0 heterocycles. The second kappa shape index (κ2) is 7.20. The number of carbonyl (C=O) groups is 1. The van der Waals surface area contributed by atoms with E-state index in [1.54, 1.807) is 30.3 Å². The molecule has 0 spiro atoms. The number of aromatic hydroxyl groups is 1. The van der Waals surface area contributed by atoms with Crippen LogP contribution < -0.4 is 5.43 Å². The van der Waals surface area contributed by atoms with Crippen molar-refractivity contribution in [2.45, 2.75) is 0 Å². The first-order chi connectivity index (χ1) is 9.95. The molecule has 0 bridgehead atoms. The van der Waals surface area contributed by atoms with E-state index in [9.17, 15) is 9.90 Å². The number of rotatable bonds is 3. The number of nitrogens with zero attached hydrogens (tertiary/aromatic N) is 1. The summed E-state index contributed by atoms with van der Waals surface area (Å²) in [5, 5.41) is 13.5. The molecule has 0 radical (unpaired) electrons. The number of carbonyl (C=O) groups excluding carboxylic acids is 1. The lowest BCUT2D eigenvalue weighted by Crippen LogP contribution is -2.17. The van der Waals surface area contributed by atoms with Gasteiger partial charge in [0.2, 0.25) is 0 Å². The molecule has 0 fully saturated rings. The predicted molar refractivity (Wildman–Crippen MR) is 92.7 cm³/mol. The molecule has 0 saturated heterocycles. The summed E-state index contributed by atoms with van der Waals surface area (Å²) >= 11 is 9.93. The fourth-order valence-corrected chi connectivity index (χ4v) is 3.21. The fraction of sp³-hybridized carbons (Fsp3) is 0. The lowest BCUT2D eigenvalue weighted by Gasteiger charge is -2.02. The van der Waals surface area contributed by atoms with Crippen LogP contribution >= 0.6 is 47.8 Å². The molecule has 0 aliphatic rings. The lowest BCUT2D eigenvalue weighted by molar-refractivity contribution is 0.0955. The Morgan fingerprint density at radius 3 is 2.38 bits per heavy atom. The number of hydrogen-bond acceptors (Lipinski definition) is 3. The lowest BCUT2D eigenvalue weighted by atomic mass is 10.2. The van der Waals surface area contributed by atoms with E-state index in [1.807, 2.05) is 6.07 Å². The molecule has 2 rings (SSSR count). The zero-order chi connectivity index (χ0) is 15.4. The van der Waals surface area contributed by atoms with Gasteiger partial charge in [0.15, 0.2) is 0 Å². The van der Waals surface area contributed by atoms with Crippen molar-refractivity contribution in [2.75, 3.05) is 0 Å². The third kappa shape index (κ3) is 4.66. The number of hydrazone groups is 1. The summed E-state index contributed by atoms with van der Waals surface area (Å²) in [5.74, 6) is -0.260. The first kappa shape index (κ1) is 16.2. The van der Waals surface area contributed by atoms with Gasteiger partial charge >= 0.3 is 0 Å². The van der Waals surface area contributed by atoms with Gasteiger partial charge in [0, 0.05) is 24.5 Å². The van der Waals surface area contributed by atoms with E-state index in [4.69, 9.17) is 0 Å². The number of hydrogen-bond donors (Lipinski definition) is 2. The van der Waals surface area contributed by atoms with E-state index < -0.39 is 0 Å². The number of phenolic OH excluding ortho intramolecular Hbond substituents is 1. The van der Waals surface area contributed by atoms with Gasteiger partial charge in [-0.2, -0.15) is 5.10 Å². The van der Waals surface area contributed by atoms with Crippen LogP contribution in [0.4, 0.5) is 0 Å². The Balaban J connectivity index is 2.10. The first-order valence-electron chi connectivity index (χ1n) is 5.74. The summed E-state index contributed by atoms with van der Waals surface area (Å²) < 4.78 is 2.38. The van der Waals surface area contributed by atoms with E-state index in [2.05, 4.69) is 58.3 Å². The highest BCUT2D eigenvalue weighted by atomic mass is 79.9. The molecule has 108 valence electrons. The van der Waals surface area contributed by atoms with Crippen molar-refractivity contribution in [3.05, 3.63) is 60.9 Å². The van der Waals surface area contributed by atoms with E-state index >= 15 is 0 Å². The summed E-state index contributed by atoms with van der Waals surface area (Å²) in [5.41, 5.74) is 3.38. The Bertz CT molecular complexity index is 697. The molecule has 0 unspecified atom stereocenters. The summed E-state index contributed by atoms with van der Waals surface area (Å²) in [6.07, 6.45) is 1.38. The first-order valence-corrected chi connectivity index (χ1v) is 8.11. The number of nitrogens with one attached hydrogen (secondary N) is 1. The van der Waals surface area contributed by atoms with Crippen LogP contribution in [0.15, 0.2) is 54.9 Å². The molecule has 0 aliphatic carbocycles. The second-order valence-corrected chi connectivity index (χ2v) is 6.81. The van der Waals surface area contributed by atoms with Crippen LogP contribution in [0.25, 0.3) is 0 Å². The fourth-order valence-electron chi connectivity index (χ4n) is 1.54. The van der Waals surface area contributed by atoms with Crippen LogP contribution in [0, 0.1) is 0 Å². The highest BCUT2D eigenvalue weighted by molar-refractivity contribution is 9.11.